The topological polar surface area (TPSA) is 108 Å². The van der Waals surface area contributed by atoms with Gasteiger partial charge in [-0.15, -0.1) is 0 Å². The van der Waals surface area contributed by atoms with Crippen LogP contribution in [-0.2, 0) is 13.4 Å². The Morgan fingerprint density at radius 1 is 1.73 bits per heavy atom. The van der Waals surface area contributed by atoms with E-state index in [0.29, 0.717) is 0 Å². The summed E-state index contributed by atoms with van der Waals surface area (Å²) in [5.74, 6) is -0.626. The van der Waals surface area contributed by atoms with Crippen LogP contribution in [0.3, 0.4) is 0 Å². The Morgan fingerprint density at radius 2 is 2.36 bits per heavy atom. The van der Waals surface area contributed by atoms with Crippen molar-refractivity contribution >= 4 is 5.97 Å². The molecule has 1 fully saturated rings. The third-order valence-corrected chi connectivity index (χ3v) is 1.89. The van der Waals surface area contributed by atoms with E-state index >= 15 is 0 Å². The highest BCUT2D eigenvalue weighted by Gasteiger charge is 2.38. The van der Waals surface area contributed by atoms with E-state index in [-0.39, 0.29) is 6.42 Å². The molecule has 1 aliphatic heterocycles. The third-order valence-electron chi connectivity index (χ3n) is 1.17. The van der Waals surface area contributed by atoms with Gasteiger partial charge in [0.1, 0.15) is 6.04 Å². The van der Waals surface area contributed by atoms with Crippen LogP contribution in [0.25, 0.3) is 0 Å². The third kappa shape index (κ3) is 2.38. The molecule has 0 aromatic carbocycles. The molecule has 2 atom stereocenters. The quantitative estimate of drug-likeness (QED) is 0.495. The molecule has 1 aliphatic rings. The van der Waals surface area contributed by atoms with Crippen molar-refractivity contribution in [2.24, 2.45) is 5.73 Å². The van der Waals surface area contributed by atoms with Gasteiger partial charge in [-0.2, -0.15) is 0 Å². The number of nitrogens with two attached hydrogens (primary N) is 1. The Morgan fingerprint density at radius 3 is 2.73 bits per heavy atom. The molecule has 0 aromatic heterocycles. The molecular weight excluding hydrogens is 222 g/mol. The lowest BCUT2D eigenvalue weighted by atomic mass is 10.3. The van der Waals surface area contributed by atoms with Crippen LogP contribution in [0.1, 0.15) is 6.42 Å². The number of halogens is 1. The molecule has 6 nitrogen and oxygen atoms in total. The van der Waals surface area contributed by atoms with E-state index in [1.165, 1.54) is 0 Å². The van der Waals surface area contributed by atoms with Gasteiger partial charge in [0.15, 0.2) is 0 Å². The first-order valence-electron chi connectivity index (χ1n) is 2.78. The van der Waals surface area contributed by atoms with Crippen molar-refractivity contribution in [1.29, 1.82) is 0 Å². The Kier molecular flexibility index (Phi) is 2.79. The maximum absolute atomic E-state index is 10.5. The number of hydrogen-bond donors (Lipinski definition) is 1. The molecule has 1 heterocycles. The molecule has 1 saturated heterocycles. The minimum absolute atomic E-state index is 0.0953. The van der Waals surface area contributed by atoms with Crippen LogP contribution in [0.2, 0.25) is 0 Å². The smallest absolute Gasteiger partial charge is 0.425 e. The molecule has 0 bridgehead atoms. The minimum Gasteiger partial charge on any atom is -0.425 e. The second kappa shape index (κ2) is 3.46. The van der Waals surface area contributed by atoms with Gasteiger partial charge in [-0.05, 0) is 0 Å². The summed E-state index contributed by atoms with van der Waals surface area (Å²) in [7, 11) is 0. The standard InChI is InChI=1S/C4H6BrNO5/c6-2-1-3(10-4(2)7)11-5(8)9/h2-3H,1,6H2/t2-,3?/m0/s1. The first-order chi connectivity index (χ1) is 5.09. The highest BCUT2D eigenvalue weighted by atomic mass is 80.0. The Hall–Kier alpha value is -0.210. The zero-order valence-corrected chi connectivity index (χ0v) is 6.94. The van der Waals surface area contributed by atoms with E-state index < -0.39 is 33.1 Å². The SMILES string of the molecule is N[C@H]1CC(O[Br+2]([O-])[O-])OC1=O. The van der Waals surface area contributed by atoms with Crippen LogP contribution < -0.4 is 14.1 Å². The number of esters is 1. The molecule has 1 unspecified atom stereocenters. The minimum atomic E-state index is -3.32. The highest BCUT2D eigenvalue weighted by molar-refractivity contribution is 5.77. The van der Waals surface area contributed by atoms with Gasteiger partial charge in [-0.25, -0.2) is 0 Å². The van der Waals surface area contributed by atoms with Crippen LogP contribution in [-0.4, -0.2) is 18.3 Å². The van der Waals surface area contributed by atoms with E-state index in [0.717, 1.165) is 0 Å². The van der Waals surface area contributed by atoms with Crippen molar-refractivity contribution in [3.8, 4) is 0 Å². The molecule has 0 radical (unpaired) electrons. The molecule has 0 saturated carbocycles. The van der Waals surface area contributed by atoms with Gasteiger partial charge >= 0.3 is 20.8 Å². The fourth-order valence-corrected chi connectivity index (χ4v) is 1.27. The summed E-state index contributed by atoms with van der Waals surface area (Å²) in [5.41, 5.74) is 5.20. The fourth-order valence-electron chi connectivity index (χ4n) is 0.704. The first-order valence-corrected chi connectivity index (χ1v) is 4.72. The Bertz CT molecular complexity index is 163. The van der Waals surface area contributed by atoms with Crippen molar-refractivity contribution in [2.75, 3.05) is 0 Å². The number of cyclic esters (lactones) is 1. The summed E-state index contributed by atoms with van der Waals surface area (Å²) in [6, 6.07) is -0.762. The average molecular weight is 228 g/mol. The predicted octanol–water partition coefficient (Wildman–Crippen LogP) is -3.31. The zero-order chi connectivity index (χ0) is 8.43. The van der Waals surface area contributed by atoms with Gasteiger partial charge in [0.2, 0.25) is 0 Å². The van der Waals surface area contributed by atoms with E-state index in [1.807, 2.05) is 0 Å². The van der Waals surface area contributed by atoms with Crippen LogP contribution in [0.15, 0.2) is 0 Å². The highest BCUT2D eigenvalue weighted by Crippen LogP contribution is 2.14. The van der Waals surface area contributed by atoms with Crippen LogP contribution in [0.5, 0.6) is 0 Å². The summed E-state index contributed by atoms with van der Waals surface area (Å²) in [5, 5.41) is 0. The summed E-state index contributed by atoms with van der Waals surface area (Å²) in [6.45, 7) is 0. The summed E-state index contributed by atoms with van der Waals surface area (Å²) in [6.07, 6.45) is -0.916. The van der Waals surface area contributed by atoms with Gasteiger partial charge in [0, 0.05) is 10.2 Å². The monoisotopic (exact) mass is 227 g/mol. The summed E-state index contributed by atoms with van der Waals surface area (Å²) < 4.78 is 28.6. The molecule has 1 rings (SSSR count). The maximum Gasteiger partial charge on any atom is 0.441 e. The second-order valence-corrected chi connectivity index (χ2v) is 3.15. The molecular formula is C4H6BrNO5. The summed E-state index contributed by atoms with van der Waals surface area (Å²) >= 11 is -3.32. The Balaban J connectivity index is 2.35. The van der Waals surface area contributed by atoms with Crippen molar-refractivity contribution in [3.63, 3.8) is 0 Å². The normalized spacial score (nSPS) is 31.1. The second-order valence-electron chi connectivity index (χ2n) is 1.99. The van der Waals surface area contributed by atoms with Gasteiger partial charge in [0.25, 0.3) is 6.29 Å². The molecule has 0 aromatic rings. The lowest BCUT2D eigenvalue weighted by Crippen LogP contribution is -2.37. The number of carbonyl (C=O) groups is 1. The molecule has 0 amide bonds. The summed E-state index contributed by atoms with van der Waals surface area (Å²) in [4.78, 5) is 10.5. The van der Waals surface area contributed by atoms with Gasteiger partial charge in [-0.3, -0.25) is 4.79 Å². The number of hydrogen-bond acceptors (Lipinski definition) is 6. The molecule has 2 N–H and O–H groups in total. The maximum atomic E-state index is 10.5. The molecule has 64 valence electrons. The molecule has 7 heteroatoms. The van der Waals surface area contributed by atoms with Crippen LogP contribution in [0, 0.1) is 14.8 Å². The molecule has 0 spiro atoms. The first kappa shape index (κ1) is 8.88. The fraction of sp³-hybridized carbons (Fsp3) is 0.750. The van der Waals surface area contributed by atoms with Crippen molar-refractivity contribution < 1.29 is 36.6 Å². The van der Waals surface area contributed by atoms with E-state index in [2.05, 4.69) is 8.57 Å². The number of rotatable bonds is 2. The van der Waals surface area contributed by atoms with Gasteiger partial charge in [-0.1, -0.05) is 0 Å². The molecule has 11 heavy (non-hydrogen) atoms. The van der Waals surface area contributed by atoms with Crippen LogP contribution >= 0.6 is 0 Å². The van der Waals surface area contributed by atoms with E-state index in [9.17, 15) is 13.2 Å². The lowest BCUT2D eigenvalue weighted by Gasteiger charge is -1.98. The van der Waals surface area contributed by atoms with E-state index in [1.54, 1.807) is 0 Å². The average Bonchev–Trinajstić information content (AvgIpc) is 2.10. The van der Waals surface area contributed by atoms with Crippen molar-refractivity contribution in [3.05, 3.63) is 0 Å². The molecule has 0 aliphatic carbocycles. The predicted molar refractivity (Wildman–Crippen MR) is 23.6 cm³/mol. The number of carbonyl (C=O) groups excluding carboxylic acids is 1. The lowest BCUT2D eigenvalue weighted by molar-refractivity contribution is -1.63. The number of ether oxygens (including phenoxy) is 1. The van der Waals surface area contributed by atoms with Crippen molar-refractivity contribution in [2.45, 2.75) is 18.8 Å². The van der Waals surface area contributed by atoms with Crippen molar-refractivity contribution in [1.82, 2.24) is 0 Å². The van der Waals surface area contributed by atoms with E-state index in [4.69, 9.17) is 5.73 Å². The Labute approximate surface area is 67.7 Å². The van der Waals surface area contributed by atoms with Gasteiger partial charge in [0.05, 0.1) is 0 Å². The largest absolute Gasteiger partial charge is 0.441 e. The zero-order valence-electron chi connectivity index (χ0n) is 5.36. The van der Waals surface area contributed by atoms with Crippen LogP contribution in [0.4, 0.5) is 0 Å². The van der Waals surface area contributed by atoms with Gasteiger partial charge < -0.3 is 18.9 Å².